The van der Waals surface area contributed by atoms with Crippen LogP contribution in [0.25, 0.3) is 5.57 Å². The van der Waals surface area contributed by atoms with Crippen LogP contribution >= 0.6 is 11.6 Å². The quantitative estimate of drug-likeness (QED) is 0.526. The van der Waals surface area contributed by atoms with Crippen LogP contribution in [0.3, 0.4) is 0 Å². The normalized spacial score (nSPS) is 18.8. The zero-order valence-corrected chi connectivity index (χ0v) is 16.7. The average Bonchev–Trinajstić information content (AvgIpc) is 2.93. The summed E-state index contributed by atoms with van der Waals surface area (Å²) < 4.78 is 5.07. The fraction of sp³-hybridized carbons (Fsp3) is 0.500. The number of piperazine rings is 1. The number of methoxy groups -OCH3 is 1. The van der Waals surface area contributed by atoms with Crippen molar-refractivity contribution in [2.24, 2.45) is 0 Å². The number of hydrogen-bond donors (Lipinski definition) is 0. The number of benzene rings is 1. The van der Waals surface area contributed by atoms with Crippen molar-refractivity contribution in [3.63, 3.8) is 0 Å². The van der Waals surface area contributed by atoms with Crippen molar-refractivity contribution < 1.29 is 14.3 Å². The van der Waals surface area contributed by atoms with Gasteiger partial charge in [-0.2, -0.15) is 0 Å². The van der Waals surface area contributed by atoms with Crippen molar-refractivity contribution >= 4 is 29.0 Å². The van der Waals surface area contributed by atoms with E-state index in [4.69, 9.17) is 16.3 Å². The molecular formula is C20H26ClN3O3. The van der Waals surface area contributed by atoms with Crippen LogP contribution in [-0.2, 0) is 14.3 Å². The molecule has 2 amide bonds. The molecule has 0 unspecified atom stereocenters. The number of nitrogens with zero attached hydrogens (tertiary/aromatic N) is 3. The van der Waals surface area contributed by atoms with Crippen molar-refractivity contribution in [1.29, 1.82) is 0 Å². The van der Waals surface area contributed by atoms with Gasteiger partial charge >= 0.3 is 0 Å². The second-order valence-electron chi connectivity index (χ2n) is 6.76. The lowest BCUT2D eigenvalue weighted by molar-refractivity contribution is -0.137. The van der Waals surface area contributed by atoms with E-state index in [9.17, 15) is 9.59 Å². The highest BCUT2D eigenvalue weighted by Gasteiger charge is 2.41. The molecule has 1 aromatic carbocycles. The number of ether oxygens (including phenoxy) is 1. The lowest BCUT2D eigenvalue weighted by atomic mass is 10.0. The van der Waals surface area contributed by atoms with Gasteiger partial charge in [-0.1, -0.05) is 30.7 Å². The Morgan fingerprint density at radius 1 is 1.04 bits per heavy atom. The fourth-order valence-electron chi connectivity index (χ4n) is 3.59. The predicted octanol–water partition coefficient (Wildman–Crippen LogP) is 2.09. The van der Waals surface area contributed by atoms with Crippen LogP contribution in [0.5, 0.6) is 0 Å². The molecule has 2 aliphatic heterocycles. The van der Waals surface area contributed by atoms with Gasteiger partial charge in [0.1, 0.15) is 5.70 Å². The second-order valence-corrected chi connectivity index (χ2v) is 7.20. The molecule has 27 heavy (non-hydrogen) atoms. The summed E-state index contributed by atoms with van der Waals surface area (Å²) in [6.45, 7) is 7.26. The Bertz CT molecular complexity index is 724. The molecule has 0 aromatic heterocycles. The molecule has 1 fully saturated rings. The lowest BCUT2D eigenvalue weighted by Crippen LogP contribution is -2.47. The van der Waals surface area contributed by atoms with Gasteiger partial charge in [-0.25, -0.2) is 0 Å². The number of carbonyl (C=O) groups excluding carboxylic acids is 2. The molecule has 0 spiro atoms. The molecule has 3 rings (SSSR count). The standard InChI is InChI=1S/C20H26ClN3O3/c1-3-22-10-12-23(13-11-22)18-17(15-5-7-16(21)8-6-15)19(25)24(20(18)26)9-4-14-27-2/h5-8H,3-4,9-14H2,1-2H3. The van der Waals surface area contributed by atoms with Gasteiger partial charge in [-0.05, 0) is 30.7 Å². The lowest BCUT2D eigenvalue weighted by Gasteiger charge is -2.36. The minimum atomic E-state index is -0.230. The molecule has 0 bridgehead atoms. The van der Waals surface area contributed by atoms with Crippen LogP contribution in [0.1, 0.15) is 18.9 Å². The Hall–Kier alpha value is -1.89. The molecule has 7 heteroatoms. The minimum absolute atomic E-state index is 0.203. The first-order chi connectivity index (χ1) is 13.1. The molecule has 6 nitrogen and oxygen atoms in total. The molecule has 0 atom stereocenters. The van der Waals surface area contributed by atoms with Crippen molar-refractivity contribution in [3.05, 3.63) is 40.5 Å². The third-order valence-corrected chi connectivity index (χ3v) is 5.39. The molecule has 2 aliphatic rings. The number of amides is 2. The molecule has 0 N–H and O–H groups in total. The van der Waals surface area contributed by atoms with Gasteiger partial charge in [-0.15, -0.1) is 0 Å². The Morgan fingerprint density at radius 3 is 2.30 bits per heavy atom. The molecule has 2 heterocycles. The largest absolute Gasteiger partial charge is 0.385 e. The highest BCUT2D eigenvalue weighted by molar-refractivity contribution is 6.36. The van der Waals surface area contributed by atoms with E-state index in [0.29, 0.717) is 35.9 Å². The van der Waals surface area contributed by atoms with Crippen LogP contribution in [0, 0.1) is 0 Å². The highest BCUT2D eigenvalue weighted by Crippen LogP contribution is 2.32. The topological polar surface area (TPSA) is 53.1 Å². The SMILES string of the molecule is CCN1CCN(C2=C(c3ccc(Cl)cc3)C(=O)N(CCCOC)C2=O)CC1. The molecule has 0 saturated carbocycles. The van der Waals surface area contributed by atoms with E-state index in [-0.39, 0.29) is 11.8 Å². The minimum Gasteiger partial charge on any atom is -0.385 e. The maximum Gasteiger partial charge on any atom is 0.277 e. The van der Waals surface area contributed by atoms with E-state index in [2.05, 4.69) is 16.7 Å². The summed E-state index contributed by atoms with van der Waals surface area (Å²) in [6, 6.07) is 7.12. The summed E-state index contributed by atoms with van der Waals surface area (Å²) >= 11 is 6.01. The van der Waals surface area contributed by atoms with Gasteiger partial charge in [0, 0.05) is 51.5 Å². The third kappa shape index (κ3) is 4.18. The summed E-state index contributed by atoms with van der Waals surface area (Å²) in [4.78, 5) is 32.0. The van der Waals surface area contributed by atoms with Gasteiger partial charge in [-0.3, -0.25) is 14.5 Å². The number of halogens is 1. The summed E-state index contributed by atoms with van der Waals surface area (Å²) in [6.07, 6.45) is 0.624. The summed E-state index contributed by atoms with van der Waals surface area (Å²) in [5, 5.41) is 0.603. The monoisotopic (exact) mass is 391 g/mol. The number of imide groups is 1. The third-order valence-electron chi connectivity index (χ3n) is 5.14. The van der Waals surface area contributed by atoms with Crippen molar-refractivity contribution in [3.8, 4) is 0 Å². The fourth-order valence-corrected chi connectivity index (χ4v) is 3.72. The number of carbonyl (C=O) groups is 2. The van der Waals surface area contributed by atoms with Gasteiger partial charge < -0.3 is 14.5 Å². The van der Waals surface area contributed by atoms with Gasteiger partial charge in [0.15, 0.2) is 0 Å². The average molecular weight is 392 g/mol. The van der Waals surface area contributed by atoms with Gasteiger partial charge in [0.05, 0.1) is 5.57 Å². The van der Waals surface area contributed by atoms with Crippen LogP contribution in [0.4, 0.5) is 0 Å². The summed E-state index contributed by atoms with van der Waals surface area (Å²) in [5.74, 6) is -0.433. The smallest absolute Gasteiger partial charge is 0.277 e. The number of likely N-dealkylation sites (N-methyl/N-ethyl adjacent to an activating group) is 1. The molecule has 0 aliphatic carbocycles. The van der Waals surface area contributed by atoms with E-state index in [1.165, 1.54) is 4.90 Å². The predicted molar refractivity (Wildman–Crippen MR) is 105 cm³/mol. The summed E-state index contributed by atoms with van der Waals surface area (Å²) in [5.41, 5.74) is 1.74. The van der Waals surface area contributed by atoms with Crippen molar-refractivity contribution in [2.45, 2.75) is 13.3 Å². The Kier molecular flexibility index (Phi) is 6.52. The molecule has 1 saturated heterocycles. The van der Waals surface area contributed by atoms with Gasteiger partial charge in [0.2, 0.25) is 0 Å². The number of rotatable bonds is 7. The second kappa shape index (κ2) is 8.87. The van der Waals surface area contributed by atoms with Crippen molar-refractivity contribution in [1.82, 2.24) is 14.7 Å². The van der Waals surface area contributed by atoms with Crippen LogP contribution in [0.15, 0.2) is 30.0 Å². The Morgan fingerprint density at radius 2 is 1.70 bits per heavy atom. The molecule has 0 radical (unpaired) electrons. The highest BCUT2D eigenvalue weighted by atomic mass is 35.5. The van der Waals surface area contributed by atoms with Crippen LogP contribution < -0.4 is 0 Å². The van der Waals surface area contributed by atoms with Crippen molar-refractivity contribution in [2.75, 3.05) is 53.0 Å². The molecule has 1 aromatic rings. The van der Waals surface area contributed by atoms with E-state index >= 15 is 0 Å². The first-order valence-corrected chi connectivity index (χ1v) is 9.77. The first-order valence-electron chi connectivity index (χ1n) is 9.39. The Balaban J connectivity index is 1.92. The molecular weight excluding hydrogens is 366 g/mol. The van der Waals surface area contributed by atoms with Crippen LogP contribution in [0.2, 0.25) is 5.02 Å². The van der Waals surface area contributed by atoms with E-state index in [1.54, 1.807) is 19.2 Å². The zero-order valence-electron chi connectivity index (χ0n) is 15.9. The van der Waals surface area contributed by atoms with E-state index in [0.717, 1.165) is 38.3 Å². The maximum absolute atomic E-state index is 13.1. The van der Waals surface area contributed by atoms with E-state index in [1.807, 2.05) is 12.1 Å². The zero-order chi connectivity index (χ0) is 19.4. The maximum atomic E-state index is 13.1. The summed E-state index contributed by atoms with van der Waals surface area (Å²) in [7, 11) is 1.61. The first kappa shape index (κ1) is 19.9. The van der Waals surface area contributed by atoms with Gasteiger partial charge in [0.25, 0.3) is 11.8 Å². The number of hydrogen-bond acceptors (Lipinski definition) is 5. The Labute approximate surface area is 165 Å². The van der Waals surface area contributed by atoms with E-state index < -0.39 is 0 Å². The van der Waals surface area contributed by atoms with Crippen LogP contribution in [-0.4, -0.2) is 79.5 Å². The molecule has 146 valence electrons.